The van der Waals surface area contributed by atoms with Crippen molar-refractivity contribution >= 4 is 40.8 Å². The third-order valence-corrected chi connectivity index (χ3v) is 3.69. The fourth-order valence-corrected chi connectivity index (χ4v) is 2.14. The zero-order valence-electron chi connectivity index (χ0n) is 12.6. The van der Waals surface area contributed by atoms with Gasteiger partial charge in [0.15, 0.2) is 6.10 Å². The molecule has 120 valence electrons. The molecule has 23 heavy (non-hydrogen) atoms. The Bertz CT molecular complexity index is 729. The van der Waals surface area contributed by atoms with Crippen LogP contribution in [0.3, 0.4) is 0 Å². The van der Waals surface area contributed by atoms with E-state index in [-0.39, 0.29) is 0 Å². The van der Waals surface area contributed by atoms with Crippen molar-refractivity contribution in [3.05, 3.63) is 63.6 Å². The third-order valence-electron chi connectivity index (χ3n) is 3.13. The Balaban J connectivity index is 2.01. The second kappa shape index (κ2) is 7.49. The Morgan fingerprint density at radius 2 is 1.74 bits per heavy atom. The van der Waals surface area contributed by atoms with Gasteiger partial charge in [0, 0.05) is 5.02 Å². The van der Waals surface area contributed by atoms with Gasteiger partial charge in [-0.1, -0.05) is 40.9 Å². The van der Waals surface area contributed by atoms with E-state index in [0.29, 0.717) is 21.3 Å². The summed E-state index contributed by atoms with van der Waals surface area (Å²) in [5, 5.41) is 3.37. The Morgan fingerprint density at radius 3 is 2.39 bits per heavy atom. The summed E-state index contributed by atoms with van der Waals surface area (Å²) < 4.78 is 5.15. The molecule has 1 atom stereocenters. The van der Waals surface area contributed by atoms with Crippen molar-refractivity contribution in [1.82, 2.24) is 0 Å². The number of halogens is 2. The Kier molecular flexibility index (Phi) is 5.64. The van der Waals surface area contributed by atoms with Crippen LogP contribution in [-0.2, 0) is 9.53 Å². The molecular formula is C17H15Cl2NO3. The number of hydrogen-bond acceptors (Lipinski definition) is 3. The minimum atomic E-state index is -0.973. The average Bonchev–Trinajstić information content (AvgIpc) is 2.51. The van der Waals surface area contributed by atoms with E-state index in [4.69, 9.17) is 27.9 Å². The molecule has 1 amide bonds. The molecule has 2 rings (SSSR count). The van der Waals surface area contributed by atoms with Gasteiger partial charge in [-0.25, -0.2) is 4.79 Å². The molecule has 0 heterocycles. The lowest BCUT2D eigenvalue weighted by Crippen LogP contribution is -2.30. The number of benzene rings is 2. The van der Waals surface area contributed by atoms with Crippen molar-refractivity contribution in [2.45, 2.75) is 20.0 Å². The largest absolute Gasteiger partial charge is 0.449 e. The van der Waals surface area contributed by atoms with Crippen molar-refractivity contribution in [2.24, 2.45) is 0 Å². The molecule has 0 aliphatic rings. The summed E-state index contributed by atoms with van der Waals surface area (Å²) in [7, 11) is 0. The first-order chi connectivity index (χ1) is 10.9. The molecule has 0 unspecified atom stereocenters. The molecule has 4 nitrogen and oxygen atoms in total. The topological polar surface area (TPSA) is 55.4 Å². The first-order valence-electron chi connectivity index (χ1n) is 6.90. The molecular weight excluding hydrogens is 337 g/mol. The van der Waals surface area contributed by atoms with Gasteiger partial charge in [-0.3, -0.25) is 4.79 Å². The van der Waals surface area contributed by atoms with E-state index in [1.165, 1.54) is 13.0 Å². The fourth-order valence-electron chi connectivity index (χ4n) is 1.80. The minimum Gasteiger partial charge on any atom is -0.449 e. The quantitative estimate of drug-likeness (QED) is 0.825. The summed E-state index contributed by atoms with van der Waals surface area (Å²) in [6, 6.07) is 11.6. The average molecular weight is 352 g/mol. The number of amides is 1. The van der Waals surface area contributed by atoms with Crippen LogP contribution in [0.1, 0.15) is 22.8 Å². The molecule has 0 aliphatic carbocycles. The molecule has 0 aliphatic heterocycles. The molecule has 2 aromatic carbocycles. The van der Waals surface area contributed by atoms with Crippen LogP contribution in [0.25, 0.3) is 0 Å². The van der Waals surface area contributed by atoms with Crippen molar-refractivity contribution < 1.29 is 14.3 Å². The van der Waals surface area contributed by atoms with Crippen LogP contribution in [0.4, 0.5) is 5.69 Å². The van der Waals surface area contributed by atoms with Crippen molar-refractivity contribution in [3.63, 3.8) is 0 Å². The Labute approximate surface area is 144 Å². The van der Waals surface area contributed by atoms with Gasteiger partial charge in [-0.05, 0) is 44.2 Å². The van der Waals surface area contributed by atoms with Crippen molar-refractivity contribution in [1.29, 1.82) is 0 Å². The molecule has 2 aromatic rings. The lowest BCUT2D eigenvalue weighted by atomic mass is 10.1. The number of anilines is 1. The monoisotopic (exact) mass is 351 g/mol. The molecule has 1 N–H and O–H groups in total. The predicted octanol–water partition coefficient (Wildman–Crippen LogP) is 4.49. The summed E-state index contributed by atoms with van der Waals surface area (Å²) in [6.07, 6.45) is -0.973. The fraction of sp³-hybridized carbons (Fsp3) is 0.176. The van der Waals surface area contributed by atoms with Gasteiger partial charge in [-0.15, -0.1) is 0 Å². The normalized spacial score (nSPS) is 11.7. The van der Waals surface area contributed by atoms with Crippen LogP contribution < -0.4 is 5.32 Å². The van der Waals surface area contributed by atoms with Crippen molar-refractivity contribution in [2.75, 3.05) is 5.32 Å². The van der Waals surface area contributed by atoms with Gasteiger partial charge in [0.2, 0.25) is 0 Å². The van der Waals surface area contributed by atoms with Gasteiger partial charge in [0.1, 0.15) is 0 Å². The van der Waals surface area contributed by atoms with Crippen LogP contribution in [0.15, 0.2) is 42.5 Å². The van der Waals surface area contributed by atoms with E-state index in [0.717, 1.165) is 5.56 Å². The van der Waals surface area contributed by atoms with E-state index in [1.807, 2.05) is 6.92 Å². The van der Waals surface area contributed by atoms with E-state index in [9.17, 15) is 9.59 Å². The zero-order valence-corrected chi connectivity index (χ0v) is 14.1. The van der Waals surface area contributed by atoms with Crippen LogP contribution in [0, 0.1) is 6.92 Å². The molecule has 0 bridgehead atoms. The van der Waals surface area contributed by atoms with E-state index in [1.54, 1.807) is 36.4 Å². The number of esters is 1. The minimum absolute atomic E-state index is 0.347. The molecule has 0 aromatic heterocycles. The van der Waals surface area contributed by atoms with Gasteiger partial charge in [0.25, 0.3) is 5.91 Å². The first-order valence-corrected chi connectivity index (χ1v) is 7.66. The molecule has 0 radical (unpaired) electrons. The van der Waals surface area contributed by atoms with E-state index >= 15 is 0 Å². The molecule has 0 spiro atoms. The molecule has 0 saturated carbocycles. The lowest BCUT2D eigenvalue weighted by molar-refractivity contribution is -0.123. The highest BCUT2D eigenvalue weighted by atomic mass is 35.5. The van der Waals surface area contributed by atoms with Crippen LogP contribution in [0.2, 0.25) is 10.0 Å². The number of carbonyl (C=O) groups excluding carboxylic acids is 2. The summed E-state index contributed by atoms with van der Waals surface area (Å²) in [6.45, 7) is 3.40. The summed E-state index contributed by atoms with van der Waals surface area (Å²) >= 11 is 11.8. The van der Waals surface area contributed by atoms with Crippen molar-refractivity contribution in [3.8, 4) is 0 Å². The Hall–Kier alpha value is -2.04. The maximum atomic E-state index is 12.1. The molecule has 0 fully saturated rings. The van der Waals surface area contributed by atoms with Gasteiger partial charge < -0.3 is 10.1 Å². The maximum absolute atomic E-state index is 12.1. The smallest absolute Gasteiger partial charge is 0.338 e. The Morgan fingerprint density at radius 1 is 1.09 bits per heavy atom. The zero-order chi connectivity index (χ0) is 17.0. The first kappa shape index (κ1) is 17.3. The number of aryl methyl sites for hydroxylation is 1. The highest BCUT2D eigenvalue weighted by molar-refractivity contribution is 6.35. The number of ether oxygens (including phenoxy) is 1. The SMILES string of the molecule is Cc1ccc(C(=O)O[C@@H](C)C(=O)Nc2cc(Cl)ccc2Cl)cc1. The van der Waals surface area contributed by atoms with E-state index < -0.39 is 18.0 Å². The van der Waals surface area contributed by atoms with Gasteiger partial charge >= 0.3 is 5.97 Å². The molecule has 6 heteroatoms. The molecule has 0 saturated heterocycles. The van der Waals surface area contributed by atoms with Gasteiger partial charge in [-0.2, -0.15) is 0 Å². The number of carbonyl (C=O) groups is 2. The second-order valence-corrected chi connectivity index (χ2v) is 5.87. The predicted molar refractivity (Wildman–Crippen MR) is 91.1 cm³/mol. The summed E-state index contributed by atoms with van der Waals surface area (Å²) in [5.41, 5.74) is 1.78. The second-order valence-electron chi connectivity index (χ2n) is 5.03. The number of rotatable bonds is 4. The van der Waals surface area contributed by atoms with E-state index in [2.05, 4.69) is 5.32 Å². The summed E-state index contributed by atoms with van der Waals surface area (Å²) in [5.74, 6) is -1.06. The number of nitrogens with one attached hydrogen (secondary N) is 1. The van der Waals surface area contributed by atoms with Crippen LogP contribution in [0.5, 0.6) is 0 Å². The van der Waals surface area contributed by atoms with Crippen LogP contribution >= 0.6 is 23.2 Å². The van der Waals surface area contributed by atoms with Crippen LogP contribution in [-0.4, -0.2) is 18.0 Å². The highest BCUT2D eigenvalue weighted by Crippen LogP contribution is 2.25. The lowest BCUT2D eigenvalue weighted by Gasteiger charge is -2.14. The third kappa shape index (κ3) is 4.71. The maximum Gasteiger partial charge on any atom is 0.338 e. The van der Waals surface area contributed by atoms with Gasteiger partial charge in [0.05, 0.1) is 16.3 Å². The highest BCUT2D eigenvalue weighted by Gasteiger charge is 2.19. The standard InChI is InChI=1S/C17H15Cl2NO3/c1-10-3-5-12(6-4-10)17(22)23-11(2)16(21)20-15-9-13(18)7-8-14(15)19/h3-9,11H,1-2H3,(H,20,21)/t11-/m0/s1. The number of hydrogen-bond donors (Lipinski definition) is 1. The summed E-state index contributed by atoms with van der Waals surface area (Å²) in [4.78, 5) is 24.1.